The van der Waals surface area contributed by atoms with Crippen molar-refractivity contribution in [2.24, 2.45) is 0 Å². The topological polar surface area (TPSA) is 71.4 Å². The van der Waals surface area contributed by atoms with Gasteiger partial charge in [0.25, 0.3) is 5.91 Å². The van der Waals surface area contributed by atoms with E-state index in [2.05, 4.69) is 20.6 Å². The van der Waals surface area contributed by atoms with Crippen LogP contribution in [0.3, 0.4) is 0 Å². The van der Waals surface area contributed by atoms with Gasteiger partial charge in [0.15, 0.2) is 5.69 Å². The fourth-order valence-electron chi connectivity index (χ4n) is 3.35. The molecule has 0 spiro atoms. The van der Waals surface area contributed by atoms with Crippen molar-refractivity contribution in [2.75, 3.05) is 43.5 Å². The Bertz CT molecular complexity index is 767. The van der Waals surface area contributed by atoms with Crippen molar-refractivity contribution in [3.05, 3.63) is 36.2 Å². The summed E-state index contributed by atoms with van der Waals surface area (Å²) in [6.45, 7) is 3.48. The van der Waals surface area contributed by atoms with E-state index in [4.69, 9.17) is 4.74 Å². The first-order chi connectivity index (χ1) is 12.2. The fourth-order valence-corrected chi connectivity index (χ4v) is 3.35. The van der Waals surface area contributed by atoms with Crippen LogP contribution in [0.1, 0.15) is 29.4 Å². The molecule has 2 aromatic rings. The lowest BCUT2D eigenvalue weighted by Crippen LogP contribution is -2.32. The lowest BCUT2D eigenvalue weighted by atomic mass is 10.1. The smallest absolute Gasteiger partial charge is 0.276 e. The summed E-state index contributed by atoms with van der Waals surface area (Å²) in [5.74, 6) is 0.655. The molecular formula is C18H23N5O2. The number of carbonyl (C=O) groups is 1. The molecule has 1 aromatic heterocycles. The van der Waals surface area contributed by atoms with Gasteiger partial charge in [0.2, 0.25) is 0 Å². The number of hydrogen-bond acceptors (Lipinski definition) is 5. The predicted molar refractivity (Wildman–Crippen MR) is 96.5 cm³/mol. The maximum atomic E-state index is 12.5. The number of nitrogens with zero attached hydrogens (tertiary/aromatic N) is 3. The molecule has 0 saturated carbocycles. The second kappa shape index (κ2) is 6.76. The minimum Gasteiger partial charge on any atom is -0.490 e. The quantitative estimate of drug-likeness (QED) is 0.892. The van der Waals surface area contributed by atoms with Gasteiger partial charge in [-0.15, -0.1) is 0 Å². The normalized spacial score (nSPS) is 19.9. The molecule has 132 valence electrons. The number of piperidine rings is 1. The first kappa shape index (κ1) is 16.0. The van der Waals surface area contributed by atoms with E-state index in [0.29, 0.717) is 18.3 Å². The molecule has 2 aliphatic rings. The van der Waals surface area contributed by atoms with E-state index >= 15 is 0 Å². The van der Waals surface area contributed by atoms with E-state index in [-0.39, 0.29) is 5.91 Å². The summed E-state index contributed by atoms with van der Waals surface area (Å²) in [6, 6.07) is 7.79. The third-order valence-electron chi connectivity index (χ3n) is 4.80. The largest absolute Gasteiger partial charge is 0.490 e. The molecule has 1 saturated heterocycles. The summed E-state index contributed by atoms with van der Waals surface area (Å²) in [5.41, 5.74) is 2.17. The summed E-state index contributed by atoms with van der Waals surface area (Å²) in [5, 5.41) is 10.8. The van der Waals surface area contributed by atoms with Crippen LogP contribution in [0.15, 0.2) is 30.5 Å². The van der Waals surface area contributed by atoms with Crippen LogP contribution in [0.2, 0.25) is 0 Å². The van der Waals surface area contributed by atoms with Crippen LogP contribution in [0.25, 0.3) is 0 Å². The molecule has 0 bridgehead atoms. The number of amides is 1. The highest BCUT2D eigenvalue weighted by Crippen LogP contribution is 2.33. The number of anilines is 2. The molecule has 2 N–H and O–H groups in total. The number of likely N-dealkylation sites (N-methyl/N-ethyl adjacent to an activating group) is 1. The van der Waals surface area contributed by atoms with Crippen molar-refractivity contribution >= 4 is 17.3 Å². The maximum absolute atomic E-state index is 12.5. The molecule has 7 heteroatoms. The molecule has 3 heterocycles. The monoisotopic (exact) mass is 341 g/mol. The van der Waals surface area contributed by atoms with Crippen molar-refractivity contribution in [1.29, 1.82) is 0 Å². The van der Waals surface area contributed by atoms with Gasteiger partial charge in [0.1, 0.15) is 12.4 Å². The number of carbonyl (C=O) groups excluding carboxylic acids is 1. The first-order valence-electron chi connectivity index (χ1n) is 8.76. The summed E-state index contributed by atoms with van der Waals surface area (Å²) < 4.78 is 7.53. The Balaban J connectivity index is 1.47. The van der Waals surface area contributed by atoms with Gasteiger partial charge in [-0.1, -0.05) is 0 Å². The van der Waals surface area contributed by atoms with E-state index in [0.717, 1.165) is 49.6 Å². The molecule has 7 nitrogen and oxygen atoms in total. The van der Waals surface area contributed by atoms with Crippen molar-refractivity contribution in [3.63, 3.8) is 0 Å². The van der Waals surface area contributed by atoms with Crippen LogP contribution in [0.4, 0.5) is 11.4 Å². The van der Waals surface area contributed by atoms with Gasteiger partial charge in [-0.25, -0.2) is 0 Å². The van der Waals surface area contributed by atoms with Gasteiger partial charge < -0.3 is 20.3 Å². The molecule has 1 fully saturated rings. The van der Waals surface area contributed by atoms with Crippen molar-refractivity contribution in [1.82, 2.24) is 15.1 Å². The van der Waals surface area contributed by atoms with E-state index in [9.17, 15) is 4.79 Å². The Hall–Kier alpha value is -2.54. The van der Waals surface area contributed by atoms with E-state index in [1.54, 1.807) is 6.07 Å². The summed E-state index contributed by atoms with van der Waals surface area (Å²) in [6.07, 6.45) is 4.12. The number of ether oxygens (including phenoxy) is 1. The number of fused-ring (bicyclic) bond motifs is 1. The zero-order valence-electron chi connectivity index (χ0n) is 14.4. The van der Waals surface area contributed by atoms with Crippen LogP contribution in [-0.4, -0.2) is 49.0 Å². The summed E-state index contributed by atoms with van der Waals surface area (Å²) in [7, 11) is 2.02. The van der Waals surface area contributed by atoms with Crippen molar-refractivity contribution in [3.8, 4) is 5.75 Å². The lowest BCUT2D eigenvalue weighted by Gasteiger charge is -2.28. The molecule has 0 radical (unpaired) electrons. The van der Waals surface area contributed by atoms with Gasteiger partial charge in [-0.3, -0.25) is 9.48 Å². The average Bonchev–Trinajstić information content (AvgIpc) is 3.13. The van der Waals surface area contributed by atoms with Crippen LogP contribution >= 0.6 is 0 Å². The average molecular weight is 341 g/mol. The number of nitrogens with one attached hydrogen (secondary N) is 2. The molecule has 2 aliphatic heterocycles. The molecule has 25 heavy (non-hydrogen) atoms. The number of rotatable bonds is 3. The lowest BCUT2D eigenvalue weighted by molar-refractivity contribution is 0.102. The third kappa shape index (κ3) is 3.32. The SMILES string of the molecule is CN1CCOc2ccc(NC(=O)c3ccn(C4CCCNC4)n3)cc21. The minimum atomic E-state index is -0.193. The van der Waals surface area contributed by atoms with Gasteiger partial charge >= 0.3 is 0 Å². The molecule has 1 atom stereocenters. The first-order valence-corrected chi connectivity index (χ1v) is 8.76. The molecule has 1 aromatic carbocycles. The van der Waals surface area contributed by atoms with Crippen LogP contribution < -0.4 is 20.3 Å². The highest BCUT2D eigenvalue weighted by molar-refractivity contribution is 6.03. The Kier molecular flexibility index (Phi) is 4.31. The number of benzene rings is 1. The summed E-state index contributed by atoms with van der Waals surface area (Å²) in [4.78, 5) is 14.6. The fraction of sp³-hybridized carbons (Fsp3) is 0.444. The molecule has 1 amide bonds. The van der Waals surface area contributed by atoms with Gasteiger partial charge in [0, 0.05) is 25.5 Å². The maximum Gasteiger partial charge on any atom is 0.276 e. The van der Waals surface area contributed by atoms with Crippen molar-refractivity contribution < 1.29 is 9.53 Å². The second-order valence-electron chi connectivity index (χ2n) is 6.59. The Morgan fingerprint density at radius 1 is 1.40 bits per heavy atom. The Morgan fingerprint density at radius 3 is 3.16 bits per heavy atom. The van der Waals surface area contributed by atoms with E-state index in [1.165, 1.54) is 0 Å². The van der Waals surface area contributed by atoms with Crippen LogP contribution in [0.5, 0.6) is 5.75 Å². The predicted octanol–water partition coefficient (Wildman–Crippen LogP) is 1.89. The molecular weight excluding hydrogens is 318 g/mol. The second-order valence-corrected chi connectivity index (χ2v) is 6.59. The Morgan fingerprint density at radius 2 is 2.32 bits per heavy atom. The van der Waals surface area contributed by atoms with Crippen LogP contribution in [-0.2, 0) is 0 Å². The number of aromatic nitrogens is 2. The molecule has 1 unspecified atom stereocenters. The molecule has 0 aliphatic carbocycles. The van der Waals surface area contributed by atoms with Crippen LogP contribution in [0, 0.1) is 0 Å². The van der Waals surface area contributed by atoms with E-state index < -0.39 is 0 Å². The van der Waals surface area contributed by atoms with Gasteiger partial charge in [-0.05, 0) is 43.7 Å². The molecule has 4 rings (SSSR count). The van der Waals surface area contributed by atoms with Crippen molar-refractivity contribution in [2.45, 2.75) is 18.9 Å². The van der Waals surface area contributed by atoms with Gasteiger partial charge in [0.05, 0.1) is 18.3 Å². The zero-order valence-corrected chi connectivity index (χ0v) is 14.4. The number of hydrogen-bond donors (Lipinski definition) is 2. The zero-order chi connectivity index (χ0) is 17.2. The highest BCUT2D eigenvalue weighted by Gasteiger charge is 2.19. The summed E-state index contributed by atoms with van der Waals surface area (Å²) >= 11 is 0. The minimum absolute atomic E-state index is 0.193. The highest BCUT2D eigenvalue weighted by atomic mass is 16.5. The van der Waals surface area contributed by atoms with E-state index in [1.807, 2.05) is 36.1 Å². The Labute approximate surface area is 147 Å². The van der Waals surface area contributed by atoms with Gasteiger partial charge in [-0.2, -0.15) is 5.10 Å². The third-order valence-corrected chi connectivity index (χ3v) is 4.80. The standard InChI is InChI=1S/C18H23N5O2/c1-22-9-10-25-17-5-4-13(11-16(17)22)20-18(24)15-6-8-23(21-15)14-3-2-7-19-12-14/h4-6,8,11,14,19H,2-3,7,9-10,12H2,1H3,(H,20,24).